The van der Waals surface area contributed by atoms with Crippen molar-refractivity contribution >= 4 is 51.4 Å². The summed E-state index contributed by atoms with van der Waals surface area (Å²) in [6, 6.07) is 24.5. The lowest BCUT2D eigenvalue weighted by Crippen LogP contribution is -2.74. The second-order valence-electron chi connectivity index (χ2n) is 16.5. The molecule has 4 aromatic rings. The molecule has 368 valence electrons. The topological polar surface area (TPSA) is 302 Å². The van der Waals surface area contributed by atoms with Crippen LogP contribution in [0.5, 0.6) is 0 Å². The summed E-state index contributed by atoms with van der Waals surface area (Å²) in [5, 5.41) is 13.1. The number of benzene rings is 4. The maximum Gasteiger partial charge on any atom is 0.335 e. The van der Waals surface area contributed by atoms with Gasteiger partial charge in [0.05, 0.1) is 18.1 Å². The average molecular weight is 970 g/mol. The predicted molar refractivity (Wildman–Crippen MR) is 253 cm³/mol. The maximum atomic E-state index is 15.2. The molecule has 1 fully saturated rings. The van der Waals surface area contributed by atoms with E-state index >= 15 is 4.79 Å². The number of carboxylic acid groups (broad SMARTS) is 1. The lowest BCUT2D eigenvalue weighted by Gasteiger charge is -2.44. The van der Waals surface area contributed by atoms with Crippen molar-refractivity contribution in [2.45, 2.75) is 102 Å². The van der Waals surface area contributed by atoms with Gasteiger partial charge in [-0.3, -0.25) is 29.1 Å². The number of aliphatic carboxylic acids is 1. The van der Waals surface area contributed by atoms with Crippen molar-refractivity contribution in [1.29, 1.82) is 0 Å². The number of aliphatic imine (C=N–C) groups is 1. The Labute approximate surface area is 400 Å². The second-order valence-corrected chi connectivity index (χ2v) is 18.2. The molecular weight excluding hydrogens is 911 g/mol. The molecule has 3 amide bonds. The fourth-order valence-electron chi connectivity index (χ4n) is 7.64. The molecule has 4 aromatic carbocycles. The molecule has 0 radical (unpaired) electrons. The first-order chi connectivity index (χ1) is 32.9. The molecule has 9 N–H and O–H groups in total. The van der Waals surface area contributed by atoms with Gasteiger partial charge in [-0.1, -0.05) is 97.1 Å². The van der Waals surface area contributed by atoms with Gasteiger partial charge < -0.3 is 41.8 Å². The van der Waals surface area contributed by atoms with Crippen LogP contribution in [0.25, 0.3) is 0 Å². The normalized spacial score (nSPS) is 15.0. The van der Waals surface area contributed by atoms with Crippen molar-refractivity contribution in [2.24, 2.45) is 28.1 Å². The van der Waals surface area contributed by atoms with Crippen molar-refractivity contribution in [3.63, 3.8) is 0 Å². The number of nitrogens with one attached hydrogen (secondary N) is 2. The van der Waals surface area contributed by atoms with Gasteiger partial charge in [-0.15, -0.1) is 0 Å². The number of sulfonamides is 1. The molecule has 0 bridgehead atoms. The largest absolute Gasteiger partial charge is 0.479 e. The summed E-state index contributed by atoms with van der Waals surface area (Å²) in [6.45, 7) is 4.20. The molecule has 0 aliphatic carbocycles. The molecule has 4 atom stereocenters. The molecule has 1 heterocycles. The fraction of sp³-hybridized carbons (Fsp3) is 0.367. The molecule has 19 nitrogen and oxygen atoms in total. The van der Waals surface area contributed by atoms with Crippen LogP contribution in [0.1, 0.15) is 65.5 Å². The highest BCUT2D eigenvalue weighted by atomic mass is 32.2. The summed E-state index contributed by atoms with van der Waals surface area (Å²) < 4.78 is 49.0. The minimum absolute atomic E-state index is 0.0316. The van der Waals surface area contributed by atoms with E-state index in [4.69, 9.17) is 31.4 Å². The summed E-state index contributed by atoms with van der Waals surface area (Å²) in [5.74, 6) is -10.7. The highest BCUT2D eigenvalue weighted by molar-refractivity contribution is 7.89. The number of carbonyl (C=O) groups excluding carboxylic acids is 5. The maximum absolute atomic E-state index is 15.2. The SMILES string of the molecule is Cc1ccc(S(=O)(=O)N[C@](CCCN=C(N)N)(OCc2ccccc2)C(=O)C2C(=O)N([C@H](C(=O)N[C@@H](CCCCN)C(=O)OCc3ccccc3)C(OCc3ccccc3)C(=O)O)C2=O)c(C)c1C. The Hall–Kier alpha value is -6.84. The van der Waals surface area contributed by atoms with Crippen molar-refractivity contribution in [2.75, 3.05) is 13.1 Å². The standard InChI is InChI=1S/C49H59N7O12S/c1-31-23-24-38(33(3)32(31)2)69(64,65)55-49(25-15-27-53-48(51)52,68-30-36-20-11-6-12-21-36)42(57)39-44(59)56(45(39)60)40(41(46(61)62)66-28-34-16-7-4-8-17-34)43(58)54-37(22-13-14-26-50)47(63)67-29-35-18-9-5-10-19-35/h4-12,16-21,23-24,37,39-41,55H,13-15,22,25-30,50H2,1-3H3,(H,54,58)(H,61,62)(H4,51,52,53)/t37-,40-,41?,49+/m0/s1. The Bertz CT molecular complexity index is 2580. The molecule has 69 heavy (non-hydrogen) atoms. The monoisotopic (exact) mass is 969 g/mol. The zero-order chi connectivity index (χ0) is 50.3. The van der Waals surface area contributed by atoms with E-state index in [1.54, 1.807) is 118 Å². The average Bonchev–Trinajstić information content (AvgIpc) is 3.33. The third-order valence-corrected chi connectivity index (χ3v) is 13.3. The number of unbranched alkanes of at least 4 members (excludes halogenated alkanes) is 1. The molecule has 0 saturated carbocycles. The first-order valence-corrected chi connectivity index (χ1v) is 23.7. The van der Waals surface area contributed by atoms with Crippen LogP contribution in [-0.4, -0.2) is 96.8 Å². The van der Waals surface area contributed by atoms with Crippen LogP contribution < -0.4 is 27.2 Å². The van der Waals surface area contributed by atoms with E-state index in [9.17, 15) is 37.5 Å². The van der Waals surface area contributed by atoms with E-state index < -0.39 is 94.9 Å². The van der Waals surface area contributed by atoms with Crippen LogP contribution >= 0.6 is 0 Å². The number of rotatable bonds is 27. The van der Waals surface area contributed by atoms with Gasteiger partial charge in [-0.05, 0) is 92.4 Å². The van der Waals surface area contributed by atoms with Gasteiger partial charge in [0.1, 0.15) is 12.6 Å². The summed E-state index contributed by atoms with van der Waals surface area (Å²) in [5.41, 5.74) is 17.5. The third kappa shape index (κ3) is 13.7. The quantitative estimate of drug-likeness (QED) is 0.00953. The smallest absolute Gasteiger partial charge is 0.335 e. The Morgan fingerprint density at radius 1 is 0.783 bits per heavy atom. The van der Waals surface area contributed by atoms with Gasteiger partial charge >= 0.3 is 11.9 Å². The number of nitrogens with two attached hydrogens (primary N) is 3. The Morgan fingerprint density at radius 3 is 1.90 bits per heavy atom. The molecule has 1 saturated heterocycles. The van der Waals surface area contributed by atoms with Crippen LogP contribution in [0.2, 0.25) is 0 Å². The number of nitrogens with zero attached hydrogens (tertiary/aromatic N) is 2. The first-order valence-electron chi connectivity index (χ1n) is 22.3. The van der Waals surface area contributed by atoms with Crippen LogP contribution in [-0.2, 0) is 72.8 Å². The molecule has 1 unspecified atom stereocenters. The summed E-state index contributed by atoms with van der Waals surface area (Å²) in [4.78, 5) is 89.7. The van der Waals surface area contributed by atoms with Crippen molar-refractivity contribution < 1.29 is 56.5 Å². The number of esters is 1. The number of ketones is 1. The van der Waals surface area contributed by atoms with Gasteiger partial charge in [0.25, 0.3) is 0 Å². The number of amides is 3. The number of carbonyl (C=O) groups is 6. The molecule has 5 rings (SSSR count). The van der Waals surface area contributed by atoms with Crippen LogP contribution in [0.15, 0.2) is 113 Å². The van der Waals surface area contributed by atoms with Crippen molar-refractivity contribution in [1.82, 2.24) is 14.9 Å². The van der Waals surface area contributed by atoms with Crippen LogP contribution in [0.4, 0.5) is 0 Å². The first kappa shape index (κ1) is 53.1. The number of likely N-dealkylation sites (tertiary alicyclic amines) is 1. The minimum Gasteiger partial charge on any atom is -0.479 e. The van der Waals surface area contributed by atoms with E-state index in [1.165, 1.54) is 6.07 Å². The number of ether oxygens (including phenoxy) is 3. The van der Waals surface area contributed by atoms with Crippen molar-refractivity contribution in [3.05, 3.63) is 137 Å². The van der Waals surface area contributed by atoms with Gasteiger partial charge in [0, 0.05) is 13.0 Å². The van der Waals surface area contributed by atoms with E-state index in [0.29, 0.717) is 40.7 Å². The zero-order valence-electron chi connectivity index (χ0n) is 38.7. The summed E-state index contributed by atoms with van der Waals surface area (Å²) >= 11 is 0. The number of hydrogen-bond acceptors (Lipinski definition) is 13. The van der Waals surface area contributed by atoms with E-state index in [-0.39, 0.29) is 48.3 Å². The molecule has 0 spiro atoms. The molecule has 0 aromatic heterocycles. The molecular formula is C49H59N7O12S. The second kappa shape index (κ2) is 24.4. The molecule has 1 aliphatic rings. The number of carboxylic acids is 1. The van der Waals surface area contributed by atoms with Gasteiger partial charge in [0.2, 0.25) is 33.5 Å². The lowest BCUT2D eigenvalue weighted by molar-refractivity contribution is -0.186. The molecule has 20 heteroatoms. The number of aryl methyl sites for hydroxylation is 1. The van der Waals surface area contributed by atoms with Crippen molar-refractivity contribution in [3.8, 4) is 0 Å². The number of imide groups is 1. The number of β-lactam (4-membered cyclic amide) rings is 2. The van der Waals surface area contributed by atoms with Crippen LogP contribution in [0.3, 0.4) is 0 Å². The predicted octanol–water partition coefficient (Wildman–Crippen LogP) is 2.81. The molecule has 1 aliphatic heterocycles. The minimum atomic E-state index is -4.73. The van der Waals surface area contributed by atoms with Gasteiger partial charge in [0.15, 0.2) is 29.7 Å². The third-order valence-electron chi connectivity index (χ3n) is 11.7. The summed E-state index contributed by atoms with van der Waals surface area (Å²) in [6.07, 6.45) is -2.20. The number of Topliss-reactive ketones (excluding diaryl/α,β-unsaturated/α-hetero) is 1. The van der Waals surface area contributed by atoms with E-state index in [0.717, 1.165) is 5.56 Å². The number of guanidine groups is 1. The highest BCUT2D eigenvalue weighted by Gasteiger charge is 2.63. The highest BCUT2D eigenvalue weighted by Crippen LogP contribution is 2.35. The van der Waals surface area contributed by atoms with Gasteiger partial charge in [-0.2, -0.15) is 4.72 Å². The fourth-order valence-corrected chi connectivity index (χ4v) is 9.25. The Balaban J connectivity index is 1.57. The van der Waals surface area contributed by atoms with Crippen LogP contribution in [0, 0.1) is 26.7 Å². The number of hydrogen-bond donors (Lipinski definition) is 6. The van der Waals surface area contributed by atoms with E-state index in [1.807, 2.05) is 0 Å². The zero-order valence-corrected chi connectivity index (χ0v) is 39.5. The summed E-state index contributed by atoms with van der Waals surface area (Å²) in [7, 11) is -4.73. The lowest BCUT2D eigenvalue weighted by atomic mass is 9.83. The Morgan fingerprint density at radius 2 is 1.35 bits per heavy atom. The van der Waals surface area contributed by atoms with E-state index in [2.05, 4.69) is 15.0 Å². The Kier molecular flexibility index (Phi) is 18.8. The van der Waals surface area contributed by atoms with Gasteiger partial charge in [-0.25, -0.2) is 18.0 Å².